The Morgan fingerprint density at radius 2 is 1.77 bits per heavy atom. The number of amides is 2. The summed E-state index contributed by atoms with van der Waals surface area (Å²) in [6, 6.07) is 9.00. The largest absolute Gasteiger partial charge is 0.493 e. The number of carbonyl (C=O) groups excluding carboxylic acids is 2. The van der Waals surface area contributed by atoms with Gasteiger partial charge in [0.1, 0.15) is 0 Å². The van der Waals surface area contributed by atoms with Crippen LogP contribution in [0.4, 0.5) is 0 Å². The molecule has 1 aromatic heterocycles. The molecule has 1 aliphatic rings. The lowest BCUT2D eigenvalue weighted by Gasteiger charge is -2.22. The third kappa shape index (κ3) is 4.17. The number of nitrogens with zero attached hydrogens (tertiary/aromatic N) is 2. The monoisotopic (exact) mass is 357 g/mol. The Labute approximate surface area is 152 Å². The Hall–Kier alpha value is -2.96. The second-order valence-corrected chi connectivity index (χ2v) is 6.07. The molecule has 26 heavy (non-hydrogen) atoms. The molecular formula is C19H23N3O4. The number of aromatic nitrogens is 1. The van der Waals surface area contributed by atoms with E-state index in [0.29, 0.717) is 43.2 Å². The van der Waals surface area contributed by atoms with Crippen LogP contribution in [0.3, 0.4) is 0 Å². The molecule has 7 heteroatoms. The predicted molar refractivity (Wildman–Crippen MR) is 96.4 cm³/mol. The summed E-state index contributed by atoms with van der Waals surface area (Å²) in [6.07, 6.45) is 4.17. The van der Waals surface area contributed by atoms with Crippen LogP contribution in [0.25, 0.3) is 0 Å². The Bertz CT molecular complexity index is 745. The molecule has 1 fully saturated rings. The average Bonchev–Trinajstić information content (AvgIpc) is 3.10. The highest BCUT2D eigenvalue weighted by Crippen LogP contribution is 2.25. The molecule has 138 valence electrons. The van der Waals surface area contributed by atoms with Crippen molar-refractivity contribution in [1.82, 2.24) is 14.8 Å². The van der Waals surface area contributed by atoms with Gasteiger partial charge >= 0.3 is 0 Å². The molecule has 0 radical (unpaired) electrons. The summed E-state index contributed by atoms with van der Waals surface area (Å²) in [4.78, 5) is 31.4. The number of para-hydroxylation sites is 2. The van der Waals surface area contributed by atoms with Crippen LogP contribution in [0, 0.1) is 0 Å². The van der Waals surface area contributed by atoms with Crippen LogP contribution in [0.2, 0.25) is 0 Å². The number of rotatable bonds is 5. The van der Waals surface area contributed by atoms with Crippen molar-refractivity contribution in [3.63, 3.8) is 0 Å². The van der Waals surface area contributed by atoms with E-state index in [2.05, 4.69) is 4.98 Å². The number of benzene rings is 1. The molecule has 3 rings (SSSR count). The minimum Gasteiger partial charge on any atom is -0.493 e. The number of methoxy groups -OCH3 is 1. The number of hydrogen-bond donors (Lipinski definition) is 1. The number of nitrogens with one attached hydrogen (secondary N) is 1. The number of hydrogen-bond acceptors (Lipinski definition) is 4. The van der Waals surface area contributed by atoms with Crippen molar-refractivity contribution in [3.8, 4) is 11.5 Å². The van der Waals surface area contributed by atoms with Gasteiger partial charge in [-0.25, -0.2) is 0 Å². The fourth-order valence-corrected chi connectivity index (χ4v) is 2.98. The lowest BCUT2D eigenvalue weighted by molar-refractivity contribution is -0.133. The second-order valence-electron chi connectivity index (χ2n) is 6.07. The molecule has 1 saturated heterocycles. The second kappa shape index (κ2) is 8.42. The van der Waals surface area contributed by atoms with Crippen molar-refractivity contribution >= 4 is 11.8 Å². The van der Waals surface area contributed by atoms with Crippen molar-refractivity contribution in [2.75, 3.05) is 39.9 Å². The zero-order chi connectivity index (χ0) is 18.4. The molecule has 7 nitrogen and oxygen atoms in total. The smallest absolute Gasteiger partial charge is 0.260 e. The molecule has 0 bridgehead atoms. The van der Waals surface area contributed by atoms with E-state index in [4.69, 9.17) is 9.47 Å². The van der Waals surface area contributed by atoms with E-state index in [1.165, 1.54) is 0 Å². The summed E-state index contributed by atoms with van der Waals surface area (Å²) >= 11 is 0. The van der Waals surface area contributed by atoms with Gasteiger partial charge in [0.05, 0.1) is 12.7 Å². The van der Waals surface area contributed by atoms with Crippen LogP contribution in [0.5, 0.6) is 11.5 Å². The van der Waals surface area contributed by atoms with Gasteiger partial charge in [-0.3, -0.25) is 9.59 Å². The maximum absolute atomic E-state index is 12.5. The lowest BCUT2D eigenvalue weighted by atomic mass is 10.3. The Kier molecular flexibility index (Phi) is 5.78. The Morgan fingerprint density at radius 3 is 2.50 bits per heavy atom. The topological polar surface area (TPSA) is 74.9 Å². The maximum atomic E-state index is 12.5. The van der Waals surface area contributed by atoms with Gasteiger partial charge in [-0.1, -0.05) is 12.1 Å². The third-order valence-corrected chi connectivity index (χ3v) is 4.40. The molecule has 0 aliphatic carbocycles. The quantitative estimate of drug-likeness (QED) is 0.885. The molecule has 0 unspecified atom stereocenters. The van der Waals surface area contributed by atoms with Crippen molar-refractivity contribution in [3.05, 3.63) is 48.3 Å². The summed E-state index contributed by atoms with van der Waals surface area (Å²) in [5, 5.41) is 0. The number of ether oxygens (including phenoxy) is 2. The van der Waals surface area contributed by atoms with Gasteiger partial charge < -0.3 is 24.3 Å². The highest BCUT2D eigenvalue weighted by atomic mass is 16.5. The number of aromatic amines is 1. The summed E-state index contributed by atoms with van der Waals surface area (Å²) < 4.78 is 10.8. The molecule has 1 aromatic carbocycles. The molecule has 2 amide bonds. The predicted octanol–water partition coefficient (Wildman–Crippen LogP) is 1.78. The zero-order valence-electron chi connectivity index (χ0n) is 14.8. The molecule has 0 atom stereocenters. The van der Waals surface area contributed by atoms with E-state index in [-0.39, 0.29) is 18.4 Å². The van der Waals surface area contributed by atoms with Crippen LogP contribution >= 0.6 is 0 Å². The van der Waals surface area contributed by atoms with Crippen LogP contribution in [0.15, 0.2) is 42.7 Å². The third-order valence-electron chi connectivity index (χ3n) is 4.40. The fourth-order valence-electron chi connectivity index (χ4n) is 2.98. The van der Waals surface area contributed by atoms with Gasteiger partial charge in [0.15, 0.2) is 18.1 Å². The first kappa shape index (κ1) is 17.8. The van der Waals surface area contributed by atoms with E-state index >= 15 is 0 Å². The lowest BCUT2D eigenvalue weighted by Crippen LogP contribution is -2.39. The average molecular weight is 357 g/mol. The number of H-pyrrole nitrogens is 1. The van der Waals surface area contributed by atoms with Crippen molar-refractivity contribution < 1.29 is 19.1 Å². The van der Waals surface area contributed by atoms with Crippen LogP contribution < -0.4 is 9.47 Å². The normalized spacial score (nSPS) is 14.7. The van der Waals surface area contributed by atoms with Crippen LogP contribution in [0.1, 0.15) is 16.8 Å². The van der Waals surface area contributed by atoms with Crippen molar-refractivity contribution in [1.29, 1.82) is 0 Å². The van der Waals surface area contributed by atoms with E-state index in [0.717, 1.165) is 6.42 Å². The minimum atomic E-state index is -0.0909. The summed E-state index contributed by atoms with van der Waals surface area (Å²) in [7, 11) is 1.56. The van der Waals surface area contributed by atoms with Crippen molar-refractivity contribution in [2.45, 2.75) is 6.42 Å². The standard InChI is InChI=1S/C19H23N3O4/c1-25-16-5-2-3-6-17(16)26-14-18(23)21-9-4-10-22(12-11-21)19(24)15-7-8-20-13-15/h2-3,5-8,13,20H,4,9-12,14H2,1H3. The van der Waals surface area contributed by atoms with Gasteiger partial charge in [-0.05, 0) is 24.6 Å². The summed E-state index contributed by atoms with van der Waals surface area (Å²) in [5.74, 6) is 1.04. The van der Waals surface area contributed by atoms with E-state index in [1.807, 2.05) is 12.1 Å². The number of carbonyl (C=O) groups is 2. The van der Waals surface area contributed by atoms with E-state index in [1.54, 1.807) is 47.5 Å². The molecule has 1 N–H and O–H groups in total. The van der Waals surface area contributed by atoms with Crippen molar-refractivity contribution in [2.24, 2.45) is 0 Å². The molecule has 2 heterocycles. The minimum absolute atomic E-state index is 0.00850. The highest BCUT2D eigenvalue weighted by molar-refractivity contribution is 5.94. The maximum Gasteiger partial charge on any atom is 0.260 e. The van der Waals surface area contributed by atoms with Gasteiger partial charge in [-0.15, -0.1) is 0 Å². The van der Waals surface area contributed by atoms with Crippen LogP contribution in [-0.2, 0) is 4.79 Å². The highest BCUT2D eigenvalue weighted by Gasteiger charge is 2.23. The van der Waals surface area contributed by atoms with Gasteiger partial charge in [0.25, 0.3) is 11.8 Å². The SMILES string of the molecule is COc1ccccc1OCC(=O)N1CCCN(C(=O)c2cc[nH]c2)CC1. The van der Waals surface area contributed by atoms with E-state index < -0.39 is 0 Å². The molecule has 2 aromatic rings. The van der Waals surface area contributed by atoms with E-state index in [9.17, 15) is 9.59 Å². The van der Waals surface area contributed by atoms with Gasteiger partial charge in [0.2, 0.25) is 0 Å². The first-order chi connectivity index (χ1) is 12.7. The fraction of sp³-hybridized carbons (Fsp3) is 0.368. The van der Waals surface area contributed by atoms with Crippen LogP contribution in [-0.4, -0.2) is 66.5 Å². The molecule has 0 saturated carbocycles. The Balaban J connectivity index is 1.53. The first-order valence-corrected chi connectivity index (χ1v) is 8.64. The first-order valence-electron chi connectivity index (χ1n) is 8.64. The molecular weight excluding hydrogens is 334 g/mol. The van der Waals surface area contributed by atoms with Gasteiger partial charge in [0, 0.05) is 38.6 Å². The molecule has 1 aliphatic heterocycles. The van der Waals surface area contributed by atoms with Gasteiger partial charge in [-0.2, -0.15) is 0 Å². The summed E-state index contributed by atoms with van der Waals surface area (Å²) in [6.45, 7) is 2.23. The zero-order valence-corrected chi connectivity index (χ0v) is 14.8. The molecule has 0 spiro atoms. The summed E-state index contributed by atoms with van der Waals surface area (Å²) in [5.41, 5.74) is 0.643. The Morgan fingerprint density at radius 1 is 1.04 bits per heavy atom.